The van der Waals surface area contributed by atoms with E-state index in [0.717, 1.165) is 42.8 Å². The number of methoxy groups -OCH3 is 2. The number of morpholine rings is 1. The zero-order chi connectivity index (χ0) is 17.6. The molecule has 1 atom stereocenters. The average Bonchev–Trinajstić information content (AvgIpc) is 3.50. The minimum absolute atomic E-state index is 0.0389. The van der Waals surface area contributed by atoms with Crippen LogP contribution in [0.4, 0.5) is 0 Å². The summed E-state index contributed by atoms with van der Waals surface area (Å²) in [4.78, 5) is 14.7. The third-order valence-corrected chi connectivity index (χ3v) is 4.87. The van der Waals surface area contributed by atoms with Gasteiger partial charge in [-0.25, -0.2) is 0 Å². The number of carbonyl (C=O) groups excluding carboxylic acids is 1. The summed E-state index contributed by atoms with van der Waals surface area (Å²) in [6.07, 6.45) is 3.75. The first-order chi connectivity index (χ1) is 12.2. The lowest BCUT2D eigenvalue weighted by molar-refractivity contribution is -0.122. The Hall–Kier alpha value is -1.79. The van der Waals surface area contributed by atoms with E-state index < -0.39 is 0 Å². The van der Waals surface area contributed by atoms with Gasteiger partial charge in [0.2, 0.25) is 5.91 Å². The molecule has 25 heavy (non-hydrogen) atoms. The topological polar surface area (TPSA) is 60.0 Å². The first kappa shape index (κ1) is 18.0. The molecule has 1 saturated carbocycles. The van der Waals surface area contributed by atoms with Gasteiger partial charge in [-0.2, -0.15) is 0 Å². The van der Waals surface area contributed by atoms with Crippen molar-refractivity contribution in [3.8, 4) is 11.5 Å². The molecule has 6 heteroatoms. The van der Waals surface area contributed by atoms with E-state index in [1.54, 1.807) is 14.2 Å². The summed E-state index contributed by atoms with van der Waals surface area (Å²) in [5, 5.41) is 3.01. The van der Waals surface area contributed by atoms with Gasteiger partial charge >= 0.3 is 0 Å². The van der Waals surface area contributed by atoms with E-state index in [0.29, 0.717) is 19.4 Å². The molecule has 2 fully saturated rings. The first-order valence-corrected chi connectivity index (χ1v) is 9.03. The third-order valence-electron chi connectivity index (χ3n) is 4.87. The number of nitrogens with one attached hydrogen (secondary N) is 1. The van der Waals surface area contributed by atoms with Crippen molar-refractivity contribution in [2.24, 2.45) is 0 Å². The zero-order valence-electron chi connectivity index (χ0n) is 15.1. The SMILES string of the molecule is COc1ccc(OC)c(CCC(=O)NC[C@@H]2CN(C3CC3)CCO2)c1. The summed E-state index contributed by atoms with van der Waals surface area (Å²) in [5.74, 6) is 1.59. The van der Waals surface area contributed by atoms with E-state index in [9.17, 15) is 4.79 Å². The Morgan fingerprint density at radius 3 is 2.88 bits per heavy atom. The summed E-state index contributed by atoms with van der Waals surface area (Å²) < 4.78 is 16.4. The minimum Gasteiger partial charge on any atom is -0.497 e. The standard InChI is InChI=1S/C19H28N2O4/c1-23-16-6-7-18(24-2)14(11-16)3-8-19(22)20-12-17-13-21(9-10-25-17)15-4-5-15/h6-7,11,15,17H,3-5,8-10,12-13H2,1-2H3,(H,20,22)/t17-/m1/s1. The van der Waals surface area contributed by atoms with Crippen LogP contribution >= 0.6 is 0 Å². The summed E-state index contributed by atoms with van der Waals surface area (Å²) >= 11 is 0. The molecular weight excluding hydrogens is 320 g/mol. The molecule has 1 aromatic rings. The van der Waals surface area contributed by atoms with Gasteiger partial charge in [-0.15, -0.1) is 0 Å². The second kappa shape index (κ2) is 8.54. The molecule has 1 aliphatic heterocycles. The van der Waals surface area contributed by atoms with Gasteiger partial charge in [-0.3, -0.25) is 9.69 Å². The Kier molecular flexibility index (Phi) is 6.15. The third kappa shape index (κ3) is 5.09. The van der Waals surface area contributed by atoms with Crippen molar-refractivity contribution in [2.75, 3.05) is 40.5 Å². The quantitative estimate of drug-likeness (QED) is 0.774. The van der Waals surface area contributed by atoms with E-state index >= 15 is 0 Å². The van der Waals surface area contributed by atoms with Gasteiger partial charge in [-0.05, 0) is 43.0 Å². The van der Waals surface area contributed by atoms with E-state index in [2.05, 4.69) is 10.2 Å². The van der Waals surface area contributed by atoms with Gasteiger partial charge in [0.25, 0.3) is 0 Å². The van der Waals surface area contributed by atoms with E-state index in [1.807, 2.05) is 18.2 Å². The van der Waals surface area contributed by atoms with Crippen molar-refractivity contribution in [1.82, 2.24) is 10.2 Å². The molecular formula is C19H28N2O4. The maximum atomic E-state index is 12.2. The van der Waals surface area contributed by atoms with Crippen molar-refractivity contribution in [2.45, 2.75) is 37.8 Å². The van der Waals surface area contributed by atoms with Crippen LogP contribution in [0, 0.1) is 0 Å². The van der Waals surface area contributed by atoms with Crippen molar-refractivity contribution in [3.05, 3.63) is 23.8 Å². The summed E-state index contributed by atoms with van der Waals surface area (Å²) in [6, 6.07) is 6.40. The molecule has 0 bridgehead atoms. The molecule has 1 aromatic carbocycles. The van der Waals surface area contributed by atoms with Gasteiger partial charge in [0, 0.05) is 32.1 Å². The van der Waals surface area contributed by atoms with Crippen LogP contribution in [-0.2, 0) is 16.0 Å². The normalized spacial score (nSPS) is 21.0. The first-order valence-electron chi connectivity index (χ1n) is 9.03. The van der Waals surface area contributed by atoms with Gasteiger partial charge in [-0.1, -0.05) is 0 Å². The summed E-state index contributed by atoms with van der Waals surface area (Å²) in [5.41, 5.74) is 0.978. The maximum absolute atomic E-state index is 12.2. The predicted octanol–water partition coefficient (Wildman–Crippen LogP) is 1.62. The molecule has 1 heterocycles. The molecule has 0 radical (unpaired) electrons. The van der Waals surface area contributed by atoms with Crippen LogP contribution in [-0.4, -0.2) is 63.4 Å². The van der Waals surface area contributed by atoms with Crippen molar-refractivity contribution in [3.63, 3.8) is 0 Å². The van der Waals surface area contributed by atoms with Crippen LogP contribution in [0.2, 0.25) is 0 Å². The van der Waals surface area contributed by atoms with Gasteiger partial charge in [0.05, 0.1) is 26.9 Å². The fourth-order valence-corrected chi connectivity index (χ4v) is 3.28. The molecule has 6 nitrogen and oxygen atoms in total. The van der Waals surface area contributed by atoms with Gasteiger partial charge < -0.3 is 19.5 Å². The highest BCUT2D eigenvalue weighted by Gasteiger charge is 2.32. The predicted molar refractivity (Wildman–Crippen MR) is 95.2 cm³/mol. The highest BCUT2D eigenvalue weighted by Crippen LogP contribution is 2.28. The van der Waals surface area contributed by atoms with Crippen molar-refractivity contribution < 1.29 is 19.0 Å². The van der Waals surface area contributed by atoms with Crippen LogP contribution in [0.5, 0.6) is 11.5 Å². The number of ether oxygens (including phenoxy) is 3. The number of benzene rings is 1. The molecule has 138 valence electrons. The van der Waals surface area contributed by atoms with E-state index in [-0.39, 0.29) is 12.0 Å². The zero-order valence-corrected chi connectivity index (χ0v) is 15.1. The average molecular weight is 348 g/mol. The number of rotatable bonds is 8. The number of carbonyl (C=O) groups is 1. The van der Waals surface area contributed by atoms with E-state index in [4.69, 9.17) is 14.2 Å². The molecule has 1 aliphatic carbocycles. The molecule has 0 unspecified atom stereocenters. The Labute approximate surface area is 149 Å². The lowest BCUT2D eigenvalue weighted by Crippen LogP contribution is -2.48. The van der Waals surface area contributed by atoms with Crippen LogP contribution < -0.4 is 14.8 Å². The fraction of sp³-hybridized carbons (Fsp3) is 0.632. The fourth-order valence-electron chi connectivity index (χ4n) is 3.28. The van der Waals surface area contributed by atoms with Crippen molar-refractivity contribution >= 4 is 5.91 Å². The lowest BCUT2D eigenvalue weighted by atomic mass is 10.1. The number of hydrogen-bond donors (Lipinski definition) is 1. The smallest absolute Gasteiger partial charge is 0.220 e. The van der Waals surface area contributed by atoms with Gasteiger partial charge in [0.15, 0.2) is 0 Å². The van der Waals surface area contributed by atoms with Crippen LogP contribution in [0.3, 0.4) is 0 Å². The molecule has 1 amide bonds. The Balaban J connectivity index is 1.43. The second-order valence-corrected chi connectivity index (χ2v) is 6.70. The van der Waals surface area contributed by atoms with Crippen LogP contribution in [0.1, 0.15) is 24.8 Å². The minimum atomic E-state index is 0.0389. The Morgan fingerprint density at radius 1 is 1.32 bits per heavy atom. The van der Waals surface area contributed by atoms with Crippen LogP contribution in [0.15, 0.2) is 18.2 Å². The second-order valence-electron chi connectivity index (χ2n) is 6.70. The lowest BCUT2D eigenvalue weighted by Gasteiger charge is -2.33. The van der Waals surface area contributed by atoms with Crippen molar-refractivity contribution in [1.29, 1.82) is 0 Å². The molecule has 1 saturated heterocycles. The van der Waals surface area contributed by atoms with E-state index in [1.165, 1.54) is 12.8 Å². The van der Waals surface area contributed by atoms with Crippen LogP contribution in [0.25, 0.3) is 0 Å². The number of hydrogen-bond acceptors (Lipinski definition) is 5. The van der Waals surface area contributed by atoms with Gasteiger partial charge in [0.1, 0.15) is 11.5 Å². The Morgan fingerprint density at radius 2 is 2.16 bits per heavy atom. The molecule has 1 N–H and O–H groups in total. The summed E-state index contributed by atoms with van der Waals surface area (Å²) in [6.45, 7) is 3.29. The highest BCUT2D eigenvalue weighted by molar-refractivity contribution is 5.76. The molecule has 3 rings (SSSR count). The maximum Gasteiger partial charge on any atom is 0.220 e. The molecule has 2 aliphatic rings. The number of amides is 1. The number of nitrogens with zero attached hydrogens (tertiary/aromatic N) is 1. The molecule has 0 aromatic heterocycles. The Bertz CT molecular complexity index is 589. The highest BCUT2D eigenvalue weighted by atomic mass is 16.5. The number of aryl methyl sites for hydroxylation is 1. The largest absolute Gasteiger partial charge is 0.497 e. The monoisotopic (exact) mass is 348 g/mol. The molecule has 0 spiro atoms. The summed E-state index contributed by atoms with van der Waals surface area (Å²) in [7, 11) is 3.27.